The van der Waals surface area contributed by atoms with Crippen LogP contribution in [0.3, 0.4) is 0 Å². The highest BCUT2D eigenvalue weighted by Gasteiger charge is 2.29. The van der Waals surface area contributed by atoms with Gasteiger partial charge in [0, 0.05) is 30.9 Å². The molecule has 0 unspecified atom stereocenters. The lowest BCUT2D eigenvalue weighted by Gasteiger charge is -2.31. The summed E-state index contributed by atoms with van der Waals surface area (Å²) in [7, 11) is 0. The maximum atomic E-state index is 13.7. The number of para-hydroxylation sites is 1. The molecule has 6 nitrogen and oxygen atoms in total. The van der Waals surface area contributed by atoms with Crippen LogP contribution < -0.4 is 5.56 Å². The van der Waals surface area contributed by atoms with Gasteiger partial charge in [-0.1, -0.05) is 50.1 Å². The number of aryl methyl sites for hydroxylation is 1. The number of piperidine rings is 1. The molecular formula is C26H28N4O2S. The Labute approximate surface area is 196 Å². The van der Waals surface area contributed by atoms with E-state index in [0.717, 1.165) is 42.6 Å². The van der Waals surface area contributed by atoms with Crippen LogP contribution in [0, 0.1) is 0 Å². The number of carbonyl (C=O) groups is 1. The first-order chi connectivity index (χ1) is 16.2. The molecule has 5 rings (SSSR count). The molecule has 2 aromatic heterocycles. The van der Waals surface area contributed by atoms with Crippen LogP contribution in [0.2, 0.25) is 0 Å². The maximum Gasteiger partial charge on any atom is 0.274 e. The summed E-state index contributed by atoms with van der Waals surface area (Å²) in [5.74, 6) is 0.128. The first-order valence-corrected chi connectivity index (χ1v) is 12.6. The van der Waals surface area contributed by atoms with Gasteiger partial charge in [0.15, 0.2) is 5.69 Å². The molecule has 1 fully saturated rings. The Kier molecular flexibility index (Phi) is 6.22. The van der Waals surface area contributed by atoms with Crippen molar-refractivity contribution in [1.82, 2.24) is 19.7 Å². The molecule has 170 valence electrons. The van der Waals surface area contributed by atoms with Crippen molar-refractivity contribution in [2.75, 3.05) is 13.1 Å². The zero-order valence-electron chi connectivity index (χ0n) is 18.9. The molecular weight excluding hydrogens is 432 g/mol. The van der Waals surface area contributed by atoms with Gasteiger partial charge in [-0.3, -0.25) is 9.59 Å². The van der Waals surface area contributed by atoms with E-state index in [0.29, 0.717) is 36.1 Å². The molecule has 2 aromatic carbocycles. The van der Waals surface area contributed by atoms with Crippen molar-refractivity contribution in [2.24, 2.45) is 0 Å². The van der Waals surface area contributed by atoms with Gasteiger partial charge >= 0.3 is 0 Å². The number of rotatable bonds is 6. The van der Waals surface area contributed by atoms with Gasteiger partial charge in [-0.2, -0.15) is 5.10 Å². The van der Waals surface area contributed by atoms with Gasteiger partial charge in [-0.15, -0.1) is 11.3 Å². The van der Waals surface area contributed by atoms with E-state index in [1.807, 2.05) is 41.3 Å². The Morgan fingerprint density at radius 2 is 1.88 bits per heavy atom. The number of fused-ring (bicyclic) bond motifs is 2. The fourth-order valence-electron chi connectivity index (χ4n) is 4.63. The monoisotopic (exact) mass is 460 g/mol. The lowest BCUT2D eigenvalue weighted by molar-refractivity contribution is 0.0700. The topological polar surface area (TPSA) is 68.1 Å². The van der Waals surface area contributed by atoms with Crippen LogP contribution in [0.15, 0.2) is 53.3 Å². The third-order valence-corrected chi connectivity index (χ3v) is 7.61. The second-order valence-electron chi connectivity index (χ2n) is 8.74. The normalized spacial score (nSPS) is 16.5. The van der Waals surface area contributed by atoms with E-state index < -0.39 is 0 Å². The van der Waals surface area contributed by atoms with Gasteiger partial charge < -0.3 is 4.90 Å². The predicted molar refractivity (Wildman–Crippen MR) is 133 cm³/mol. The van der Waals surface area contributed by atoms with Crippen molar-refractivity contribution < 1.29 is 4.79 Å². The number of hydrogen-bond donors (Lipinski definition) is 0. The Bertz CT molecular complexity index is 1330. The van der Waals surface area contributed by atoms with Gasteiger partial charge in [0.1, 0.15) is 0 Å². The summed E-state index contributed by atoms with van der Waals surface area (Å²) in [4.78, 5) is 33.4. The summed E-state index contributed by atoms with van der Waals surface area (Å²) in [5, 5.41) is 6.88. The molecule has 33 heavy (non-hydrogen) atoms. The fourth-order valence-corrected chi connectivity index (χ4v) is 5.73. The van der Waals surface area contributed by atoms with Crippen molar-refractivity contribution in [1.29, 1.82) is 0 Å². The third-order valence-electron chi connectivity index (χ3n) is 6.41. The average Bonchev–Trinajstić information content (AvgIpc) is 3.30. The number of likely N-dealkylation sites (tertiary alicyclic amines) is 1. The standard InChI is InChI=1S/C26H28N4O2S/c1-2-3-8-16-30-25(31)20-12-5-4-11-19(20)23(28-30)26(32)29-15-9-10-18(17-29)24-27-21-13-6-7-14-22(21)33-24/h4-7,11-14,18H,2-3,8-10,15-17H2,1H3/t18-/m1/s1. The Morgan fingerprint density at radius 3 is 2.70 bits per heavy atom. The van der Waals surface area contributed by atoms with Gasteiger partial charge in [0.2, 0.25) is 0 Å². The smallest absolute Gasteiger partial charge is 0.274 e. The zero-order chi connectivity index (χ0) is 22.8. The van der Waals surface area contributed by atoms with Crippen LogP contribution >= 0.6 is 11.3 Å². The van der Waals surface area contributed by atoms with E-state index in [1.165, 1.54) is 9.38 Å². The van der Waals surface area contributed by atoms with Crippen LogP contribution in [-0.4, -0.2) is 38.7 Å². The zero-order valence-corrected chi connectivity index (χ0v) is 19.7. The van der Waals surface area contributed by atoms with Gasteiger partial charge in [0.05, 0.1) is 20.6 Å². The van der Waals surface area contributed by atoms with Gasteiger partial charge in [0.25, 0.3) is 11.5 Å². The van der Waals surface area contributed by atoms with E-state index in [2.05, 4.69) is 18.1 Å². The van der Waals surface area contributed by atoms with Crippen LogP contribution in [-0.2, 0) is 6.54 Å². The van der Waals surface area contributed by atoms with Crippen molar-refractivity contribution in [3.63, 3.8) is 0 Å². The highest BCUT2D eigenvalue weighted by atomic mass is 32.1. The van der Waals surface area contributed by atoms with Crippen molar-refractivity contribution in [2.45, 2.75) is 51.5 Å². The summed E-state index contributed by atoms with van der Waals surface area (Å²) in [6.45, 7) is 3.99. The van der Waals surface area contributed by atoms with Crippen molar-refractivity contribution in [3.05, 3.63) is 69.6 Å². The third kappa shape index (κ3) is 4.29. The van der Waals surface area contributed by atoms with Crippen LogP contribution in [0.25, 0.3) is 21.0 Å². The summed E-state index contributed by atoms with van der Waals surface area (Å²) < 4.78 is 2.67. The molecule has 1 saturated heterocycles. The summed E-state index contributed by atoms with van der Waals surface area (Å²) in [6, 6.07) is 15.5. The Hall–Kier alpha value is -3.06. The van der Waals surface area contributed by atoms with E-state index in [4.69, 9.17) is 4.98 Å². The number of unbranched alkanes of at least 4 members (excludes halogenated alkanes) is 2. The molecule has 7 heteroatoms. The minimum absolute atomic E-state index is 0.0961. The number of amides is 1. The second kappa shape index (κ2) is 9.43. The summed E-state index contributed by atoms with van der Waals surface area (Å²) in [6.07, 6.45) is 4.92. The quantitative estimate of drug-likeness (QED) is 0.370. The van der Waals surface area contributed by atoms with Crippen molar-refractivity contribution >= 4 is 38.2 Å². The number of thiazole rings is 1. The number of carbonyl (C=O) groups excluding carboxylic acids is 1. The molecule has 0 bridgehead atoms. The molecule has 0 saturated carbocycles. The van der Waals surface area contributed by atoms with Gasteiger partial charge in [-0.25, -0.2) is 9.67 Å². The lowest BCUT2D eigenvalue weighted by atomic mass is 9.98. The molecule has 1 amide bonds. The predicted octanol–water partition coefficient (Wildman–Crippen LogP) is 5.22. The second-order valence-corrected chi connectivity index (χ2v) is 9.80. The molecule has 0 spiro atoms. The van der Waals surface area contributed by atoms with Crippen LogP contribution in [0.5, 0.6) is 0 Å². The minimum Gasteiger partial charge on any atom is -0.337 e. The lowest BCUT2D eigenvalue weighted by Crippen LogP contribution is -2.40. The highest BCUT2D eigenvalue weighted by Crippen LogP contribution is 2.33. The maximum absolute atomic E-state index is 13.7. The highest BCUT2D eigenvalue weighted by molar-refractivity contribution is 7.18. The molecule has 1 aliphatic rings. The van der Waals surface area contributed by atoms with Gasteiger partial charge in [-0.05, 0) is 37.5 Å². The van der Waals surface area contributed by atoms with E-state index in [9.17, 15) is 9.59 Å². The summed E-state index contributed by atoms with van der Waals surface area (Å²) in [5.41, 5.74) is 1.28. The molecule has 1 atom stereocenters. The average molecular weight is 461 g/mol. The number of aromatic nitrogens is 3. The number of nitrogens with zero attached hydrogens (tertiary/aromatic N) is 4. The Morgan fingerprint density at radius 1 is 1.09 bits per heavy atom. The first kappa shape index (κ1) is 21.8. The molecule has 3 heterocycles. The largest absolute Gasteiger partial charge is 0.337 e. The molecule has 0 aliphatic carbocycles. The minimum atomic E-state index is -0.121. The summed E-state index contributed by atoms with van der Waals surface area (Å²) >= 11 is 1.72. The SMILES string of the molecule is CCCCCn1nc(C(=O)N2CCC[C@@H](c3nc4ccccc4s3)C2)c2ccccc2c1=O. The van der Waals surface area contributed by atoms with Crippen molar-refractivity contribution in [3.8, 4) is 0 Å². The van der Waals surface area contributed by atoms with E-state index in [1.54, 1.807) is 17.4 Å². The number of benzene rings is 2. The molecule has 4 aromatic rings. The Balaban J connectivity index is 1.46. The van der Waals surface area contributed by atoms with E-state index in [-0.39, 0.29) is 17.4 Å². The molecule has 1 aliphatic heterocycles. The van der Waals surface area contributed by atoms with Crippen LogP contribution in [0.4, 0.5) is 0 Å². The number of hydrogen-bond acceptors (Lipinski definition) is 5. The fraction of sp³-hybridized carbons (Fsp3) is 0.385. The van der Waals surface area contributed by atoms with E-state index >= 15 is 0 Å². The van der Waals surface area contributed by atoms with Crippen LogP contribution in [0.1, 0.15) is 60.4 Å². The molecule has 0 N–H and O–H groups in total. The first-order valence-electron chi connectivity index (χ1n) is 11.8. The molecule has 0 radical (unpaired) electrons.